The Kier molecular flexibility index (Phi) is 7.01. The van der Waals surface area contributed by atoms with Crippen LogP contribution in [0.5, 0.6) is 0 Å². The largest absolute Gasteiger partial charge is 0.355 e. The Balaban J connectivity index is 1.08. The molecule has 2 atom stereocenters. The molecule has 0 saturated carbocycles. The number of nitrogens with zero attached hydrogens (tertiary/aromatic N) is 4. The van der Waals surface area contributed by atoms with Crippen molar-refractivity contribution in [3.05, 3.63) is 53.8 Å². The van der Waals surface area contributed by atoms with E-state index in [4.69, 9.17) is 0 Å². The van der Waals surface area contributed by atoms with E-state index in [2.05, 4.69) is 73.9 Å². The average molecular weight is 531 g/mol. The fourth-order valence-corrected chi connectivity index (χ4v) is 6.27. The molecule has 10 heteroatoms. The van der Waals surface area contributed by atoms with Crippen LogP contribution in [0.15, 0.2) is 48.1 Å². The number of hydrogen-bond donors (Lipinski definition) is 4. The predicted molar refractivity (Wildman–Crippen MR) is 155 cm³/mol. The molecule has 0 spiro atoms. The minimum atomic E-state index is 0.0132. The van der Waals surface area contributed by atoms with Crippen molar-refractivity contribution in [2.45, 2.75) is 32.4 Å². The van der Waals surface area contributed by atoms with Gasteiger partial charge in [-0.1, -0.05) is 6.08 Å². The molecule has 2 amide bonds. The van der Waals surface area contributed by atoms with Crippen LogP contribution in [-0.4, -0.2) is 82.1 Å². The Bertz CT molecular complexity index is 1470. The molecular formula is C28H34N8OS. The number of pyridine rings is 1. The highest BCUT2D eigenvalue weighted by atomic mass is 32.1. The lowest BCUT2D eigenvalue weighted by Crippen LogP contribution is -2.55. The van der Waals surface area contributed by atoms with Gasteiger partial charge in [0, 0.05) is 74.3 Å². The van der Waals surface area contributed by atoms with Crippen molar-refractivity contribution in [3.63, 3.8) is 0 Å². The van der Waals surface area contributed by atoms with Crippen molar-refractivity contribution >= 4 is 55.6 Å². The molecule has 6 rings (SSSR count). The fourth-order valence-electron chi connectivity index (χ4n) is 5.55. The average Bonchev–Trinajstić information content (AvgIpc) is 3.56. The van der Waals surface area contributed by atoms with E-state index in [-0.39, 0.29) is 6.03 Å². The second-order valence-electron chi connectivity index (χ2n) is 10.3. The summed E-state index contributed by atoms with van der Waals surface area (Å²) in [5.41, 5.74) is 8.04. The van der Waals surface area contributed by atoms with Gasteiger partial charge in [0.25, 0.3) is 0 Å². The molecule has 2 aliphatic heterocycles. The van der Waals surface area contributed by atoms with E-state index in [9.17, 15) is 4.79 Å². The summed E-state index contributed by atoms with van der Waals surface area (Å²) in [4.78, 5) is 29.5. The number of fused-ring (bicyclic) bond motifs is 2. The minimum absolute atomic E-state index is 0.0132. The number of hydrogen-bond acceptors (Lipinski definition) is 7. The first-order chi connectivity index (χ1) is 18.5. The topological polar surface area (TPSA) is 101 Å². The van der Waals surface area contributed by atoms with E-state index >= 15 is 0 Å². The molecule has 2 unspecified atom stereocenters. The number of nitrogens with one attached hydrogen (secondary N) is 4. The Morgan fingerprint density at radius 3 is 2.84 bits per heavy atom. The Labute approximate surface area is 226 Å². The maximum atomic E-state index is 12.8. The Morgan fingerprint density at radius 1 is 1.16 bits per heavy atom. The van der Waals surface area contributed by atoms with Crippen LogP contribution in [0.4, 0.5) is 16.2 Å². The number of urea groups is 1. The summed E-state index contributed by atoms with van der Waals surface area (Å²) in [5, 5.41) is 11.3. The molecule has 9 nitrogen and oxygen atoms in total. The predicted octanol–water partition coefficient (Wildman–Crippen LogP) is 4.40. The number of H-pyrrole nitrogens is 1. The smallest absolute Gasteiger partial charge is 0.317 e. The maximum absolute atomic E-state index is 12.8. The van der Waals surface area contributed by atoms with Gasteiger partial charge >= 0.3 is 6.03 Å². The lowest BCUT2D eigenvalue weighted by Gasteiger charge is -2.36. The quantitative estimate of drug-likeness (QED) is 0.295. The van der Waals surface area contributed by atoms with Gasteiger partial charge in [0.1, 0.15) is 5.65 Å². The van der Waals surface area contributed by atoms with Crippen LogP contribution in [0.3, 0.4) is 0 Å². The number of thiazole rings is 1. The Morgan fingerprint density at radius 2 is 2.03 bits per heavy atom. The lowest BCUT2D eigenvalue weighted by molar-refractivity contribution is 0.170. The van der Waals surface area contributed by atoms with Gasteiger partial charge in [0.2, 0.25) is 0 Å². The van der Waals surface area contributed by atoms with Crippen molar-refractivity contribution in [2.24, 2.45) is 0 Å². The standard InChI is InChI=1S/C28H34N8OS/c1-18-15-35(16-19(2)32-18)12-9-30-28(37)36-10-6-20(7-11-36)25-14-22-23(5-8-29-27(22)34-25)33-21-3-4-24-26(13-21)38-17-31-24/h3-6,8,13-14,17-19,32H,7,9-12,15-16H2,1-2H3,(H,30,37)(H2,29,33,34). The number of carbonyl (C=O) groups excluding carboxylic acids is 1. The highest BCUT2D eigenvalue weighted by molar-refractivity contribution is 7.16. The maximum Gasteiger partial charge on any atom is 0.317 e. The van der Waals surface area contributed by atoms with Crippen LogP contribution in [0, 0.1) is 0 Å². The molecule has 0 bridgehead atoms. The SMILES string of the molecule is CC1CN(CCNC(=O)N2CC=C(c3cc4c(Nc5ccc6ncsc6c5)ccnc4[nH]3)CC2)CC(C)N1. The molecule has 3 aromatic heterocycles. The number of benzene rings is 1. The van der Waals surface area contributed by atoms with Crippen molar-refractivity contribution in [3.8, 4) is 0 Å². The zero-order valence-electron chi connectivity index (χ0n) is 21.8. The first-order valence-corrected chi connectivity index (χ1v) is 14.2. The van der Waals surface area contributed by atoms with Gasteiger partial charge in [0.05, 0.1) is 21.4 Å². The van der Waals surface area contributed by atoms with Crippen LogP contribution < -0.4 is 16.0 Å². The third-order valence-electron chi connectivity index (χ3n) is 7.32. The summed E-state index contributed by atoms with van der Waals surface area (Å²) in [6.45, 7) is 9.32. The number of aromatic nitrogens is 3. The van der Waals surface area contributed by atoms with Gasteiger partial charge in [-0.3, -0.25) is 4.90 Å². The van der Waals surface area contributed by atoms with Crippen molar-refractivity contribution in [1.29, 1.82) is 0 Å². The number of aromatic amines is 1. The van der Waals surface area contributed by atoms with Gasteiger partial charge in [-0.15, -0.1) is 11.3 Å². The molecule has 0 radical (unpaired) electrons. The molecule has 1 fully saturated rings. The summed E-state index contributed by atoms with van der Waals surface area (Å²) in [6, 6.07) is 11.4. The fraction of sp³-hybridized carbons (Fsp3) is 0.393. The highest BCUT2D eigenvalue weighted by Gasteiger charge is 2.22. The Hall–Kier alpha value is -3.47. The number of amides is 2. The van der Waals surface area contributed by atoms with Crippen LogP contribution in [0.25, 0.3) is 26.8 Å². The highest BCUT2D eigenvalue weighted by Crippen LogP contribution is 2.31. The van der Waals surface area contributed by atoms with Crippen LogP contribution in [0.1, 0.15) is 26.0 Å². The molecule has 2 aliphatic rings. The zero-order chi connectivity index (χ0) is 26.1. The molecule has 4 aromatic rings. The molecule has 38 heavy (non-hydrogen) atoms. The molecule has 1 aromatic carbocycles. The van der Waals surface area contributed by atoms with E-state index in [1.807, 2.05) is 28.7 Å². The normalized spacial score (nSPS) is 20.6. The van der Waals surface area contributed by atoms with E-state index in [0.29, 0.717) is 31.7 Å². The van der Waals surface area contributed by atoms with Gasteiger partial charge in [-0.25, -0.2) is 14.8 Å². The van der Waals surface area contributed by atoms with Crippen LogP contribution in [-0.2, 0) is 0 Å². The second kappa shape index (κ2) is 10.7. The van der Waals surface area contributed by atoms with Crippen LogP contribution in [0.2, 0.25) is 0 Å². The summed E-state index contributed by atoms with van der Waals surface area (Å²) in [7, 11) is 0. The minimum Gasteiger partial charge on any atom is -0.355 e. The van der Waals surface area contributed by atoms with E-state index < -0.39 is 0 Å². The third-order valence-corrected chi connectivity index (χ3v) is 8.11. The molecule has 0 aliphatic carbocycles. The lowest BCUT2D eigenvalue weighted by atomic mass is 10.0. The van der Waals surface area contributed by atoms with Gasteiger partial charge < -0.3 is 25.8 Å². The van der Waals surface area contributed by atoms with E-state index in [1.165, 1.54) is 5.57 Å². The van der Waals surface area contributed by atoms with E-state index in [0.717, 1.165) is 64.4 Å². The van der Waals surface area contributed by atoms with Gasteiger partial charge in [0.15, 0.2) is 0 Å². The number of anilines is 2. The van der Waals surface area contributed by atoms with Crippen molar-refractivity contribution in [2.75, 3.05) is 44.6 Å². The van der Waals surface area contributed by atoms with Crippen LogP contribution >= 0.6 is 11.3 Å². The van der Waals surface area contributed by atoms with Crippen molar-refractivity contribution < 1.29 is 4.79 Å². The monoisotopic (exact) mass is 530 g/mol. The molecule has 4 N–H and O–H groups in total. The third kappa shape index (κ3) is 5.38. The van der Waals surface area contributed by atoms with Gasteiger partial charge in [-0.05, 0) is 56.2 Å². The second-order valence-corrected chi connectivity index (χ2v) is 11.2. The number of piperazine rings is 1. The van der Waals surface area contributed by atoms with Crippen molar-refractivity contribution in [1.82, 2.24) is 35.4 Å². The molecule has 1 saturated heterocycles. The molecule has 5 heterocycles. The van der Waals surface area contributed by atoms with Gasteiger partial charge in [-0.2, -0.15) is 0 Å². The zero-order valence-corrected chi connectivity index (χ0v) is 22.6. The first-order valence-electron chi connectivity index (χ1n) is 13.3. The summed E-state index contributed by atoms with van der Waals surface area (Å²) < 4.78 is 1.16. The summed E-state index contributed by atoms with van der Waals surface area (Å²) >= 11 is 1.64. The summed E-state index contributed by atoms with van der Waals surface area (Å²) in [6.07, 6.45) is 4.77. The number of carbonyl (C=O) groups is 1. The number of rotatable bonds is 6. The first kappa shape index (κ1) is 24.8. The molecule has 198 valence electrons. The molecular weight excluding hydrogens is 496 g/mol. The summed E-state index contributed by atoms with van der Waals surface area (Å²) in [5.74, 6) is 0. The van der Waals surface area contributed by atoms with E-state index in [1.54, 1.807) is 11.3 Å².